The van der Waals surface area contributed by atoms with Crippen molar-refractivity contribution in [1.29, 1.82) is 0 Å². The van der Waals surface area contributed by atoms with Gasteiger partial charge in [-0.15, -0.1) is 0 Å². The second kappa shape index (κ2) is 8.59. The van der Waals surface area contributed by atoms with Gasteiger partial charge in [0.1, 0.15) is 0 Å². The second-order valence-corrected chi connectivity index (χ2v) is 7.85. The fraction of sp³-hybridized carbons (Fsp3) is 0.240. The van der Waals surface area contributed by atoms with E-state index in [1.807, 2.05) is 49.3 Å². The number of benzene rings is 1. The molecule has 5 rings (SSSR count). The zero-order chi connectivity index (χ0) is 20.2. The molecule has 1 aliphatic heterocycles. The van der Waals surface area contributed by atoms with Gasteiger partial charge in [0, 0.05) is 55.0 Å². The Bertz CT molecular complexity index is 1080. The van der Waals surface area contributed by atoms with Crippen LogP contribution < -0.4 is 0 Å². The normalized spacial score (nSPS) is 17.1. The predicted octanol–water partition coefficient (Wildman–Crippen LogP) is 4.84. The van der Waals surface area contributed by atoms with E-state index in [1.165, 1.54) is 12.0 Å². The van der Waals surface area contributed by atoms with Crippen molar-refractivity contribution in [3.8, 4) is 22.5 Å². The minimum Gasteiger partial charge on any atom is -0.326 e. The molecule has 30 heavy (non-hydrogen) atoms. The van der Waals surface area contributed by atoms with Crippen LogP contribution in [-0.2, 0) is 6.54 Å². The number of pyridine rings is 2. The Balaban J connectivity index is 1.49. The standard InChI is InChI=1S/C25H25N5/c1-2-8-21(9-3-1)24-25(22-10-5-13-27-16-22)30(19-28-24)23-11-6-14-29(18-23)17-20-7-4-12-26-15-20/h1-5,7-10,12-13,15-16,19,23H,6,11,14,17-18H2. The summed E-state index contributed by atoms with van der Waals surface area (Å²) in [5.41, 5.74) is 5.69. The van der Waals surface area contributed by atoms with Crippen molar-refractivity contribution in [2.45, 2.75) is 25.4 Å². The van der Waals surface area contributed by atoms with E-state index in [0.29, 0.717) is 6.04 Å². The molecule has 0 aliphatic carbocycles. The molecule has 1 fully saturated rings. The van der Waals surface area contributed by atoms with Crippen molar-refractivity contribution in [1.82, 2.24) is 24.4 Å². The van der Waals surface area contributed by atoms with E-state index in [2.05, 4.69) is 55.8 Å². The van der Waals surface area contributed by atoms with Crippen LogP contribution in [0.15, 0.2) is 85.7 Å². The van der Waals surface area contributed by atoms with E-state index in [4.69, 9.17) is 4.98 Å². The molecule has 5 nitrogen and oxygen atoms in total. The minimum atomic E-state index is 0.385. The first-order valence-corrected chi connectivity index (χ1v) is 10.5. The largest absolute Gasteiger partial charge is 0.326 e. The maximum atomic E-state index is 4.85. The Kier molecular flexibility index (Phi) is 5.36. The monoisotopic (exact) mass is 395 g/mol. The van der Waals surface area contributed by atoms with Crippen LogP contribution in [0.5, 0.6) is 0 Å². The first kappa shape index (κ1) is 18.7. The quantitative estimate of drug-likeness (QED) is 0.485. The number of hydrogen-bond donors (Lipinski definition) is 0. The molecule has 0 bridgehead atoms. The minimum absolute atomic E-state index is 0.385. The number of hydrogen-bond acceptors (Lipinski definition) is 4. The molecule has 4 aromatic rings. The van der Waals surface area contributed by atoms with E-state index in [1.54, 1.807) is 0 Å². The summed E-state index contributed by atoms with van der Waals surface area (Å²) >= 11 is 0. The third kappa shape index (κ3) is 3.89. The van der Waals surface area contributed by atoms with Gasteiger partial charge in [0.15, 0.2) is 0 Å². The third-order valence-electron chi connectivity index (χ3n) is 5.78. The van der Waals surface area contributed by atoms with E-state index in [0.717, 1.165) is 48.6 Å². The molecule has 0 radical (unpaired) electrons. The molecule has 0 saturated carbocycles. The third-order valence-corrected chi connectivity index (χ3v) is 5.78. The van der Waals surface area contributed by atoms with Crippen molar-refractivity contribution in [2.75, 3.05) is 13.1 Å². The lowest BCUT2D eigenvalue weighted by Gasteiger charge is -2.34. The number of rotatable bonds is 5. The predicted molar refractivity (Wildman–Crippen MR) is 119 cm³/mol. The highest BCUT2D eigenvalue weighted by Crippen LogP contribution is 2.35. The summed E-state index contributed by atoms with van der Waals surface area (Å²) in [6.07, 6.45) is 11.9. The van der Waals surface area contributed by atoms with Gasteiger partial charge >= 0.3 is 0 Å². The van der Waals surface area contributed by atoms with Gasteiger partial charge in [-0.25, -0.2) is 4.98 Å². The number of nitrogens with zero attached hydrogens (tertiary/aromatic N) is 5. The summed E-state index contributed by atoms with van der Waals surface area (Å²) in [6, 6.07) is 19.1. The summed E-state index contributed by atoms with van der Waals surface area (Å²) in [5.74, 6) is 0. The van der Waals surface area contributed by atoms with Crippen molar-refractivity contribution in [3.63, 3.8) is 0 Å². The molecule has 1 saturated heterocycles. The Labute approximate surface area is 177 Å². The molecule has 1 unspecified atom stereocenters. The van der Waals surface area contributed by atoms with Crippen LogP contribution in [0.2, 0.25) is 0 Å². The lowest BCUT2D eigenvalue weighted by molar-refractivity contribution is 0.171. The average molecular weight is 396 g/mol. The Morgan fingerprint density at radius 1 is 0.867 bits per heavy atom. The highest BCUT2D eigenvalue weighted by molar-refractivity contribution is 5.78. The summed E-state index contributed by atoms with van der Waals surface area (Å²) in [7, 11) is 0. The van der Waals surface area contributed by atoms with Gasteiger partial charge in [-0.1, -0.05) is 36.4 Å². The maximum Gasteiger partial charge on any atom is 0.0963 e. The van der Waals surface area contributed by atoms with Crippen LogP contribution in [0, 0.1) is 0 Å². The number of imidazole rings is 1. The smallest absolute Gasteiger partial charge is 0.0963 e. The fourth-order valence-corrected chi connectivity index (χ4v) is 4.39. The molecule has 3 aromatic heterocycles. The Morgan fingerprint density at radius 3 is 2.43 bits per heavy atom. The van der Waals surface area contributed by atoms with Gasteiger partial charge in [-0.05, 0) is 43.1 Å². The van der Waals surface area contributed by atoms with Crippen LogP contribution >= 0.6 is 0 Å². The molecule has 1 aliphatic rings. The van der Waals surface area contributed by atoms with Gasteiger partial charge in [-0.3, -0.25) is 14.9 Å². The fourth-order valence-electron chi connectivity index (χ4n) is 4.39. The zero-order valence-electron chi connectivity index (χ0n) is 16.9. The first-order chi connectivity index (χ1) is 14.9. The van der Waals surface area contributed by atoms with E-state index in [-0.39, 0.29) is 0 Å². The van der Waals surface area contributed by atoms with Gasteiger partial charge in [0.25, 0.3) is 0 Å². The molecule has 5 heteroatoms. The van der Waals surface area contributed by atoms with Crippen LogP contribution in [-0.4, -0.2) is 37.5 Å². The Hall–Kier alpha value is -3.31. The molecule has 150 valence electrons. The molecule has 4 heterocycles. The maximum absolute atomic E-state index is 4.85. The molecular weight excluding hydrogens is 370 g/mol. The van der Waals surface area contributed by atoms with Gasteiger partial charge < -0.3 is 4.57 Å². The van der Waals surface area contributed by atoms with Crippen molar-refractivity contribution in [3.05, 3.63) is 91.3 Å². The van der Waals surface area contributed by atoms with Crippen molar-refractivity contribution >= 4 is 0 Å². The van der Waals surface area contributed by atoms with E-state index >= 15 is 0 Å². The summed E-state index contributed by atoms with van der Waals surface area (Å²) in [5, 5.41) is 0. The lowest BCUT2D eigenvalue weighted by Crippen LogP contribution is -2.36. The molecule has 1 aromatic carbocycles. The van der Waals surface area contributed by atoms with Gasteiger partial charge in [-0.2, -0.15) is 0 Å². The van der Waals surface area contributed by atoms with Crippen molar-refractivity contribution < 1.29 is 0 Å². The zero-order valence-corrected chi connectivity index (χ0v) is 16.9. The van der Waals surface area contributed by atoms with Crippen LogP contribution in [0.25, 0.3) is 22.5 Å². The molecule has 0 spiro atoms. The highest BCUT2D eigenvalue weighted by atomic mass is 15.2. The Morgan fingerprint density at radius 2 is 1.67 bits per heavy atom. The second-order valence-electron chi connectivity index (χ2n) is 7.85. The summed E-state index contributed by atoms with van der Waals surface area (Å²) in [6.45, 7) is 3.06. The number of piperidine rings is 1. The first-order valence-electron chi connectivity index (χ1n) is 10.5. The number of likely N-dealkylation sites (tertiary alicyclic amines) is 1. The van der Waals surface area contributed by atoms with E-state index < -0.39 is 0 Å². The summed E-state index contributed by atoms with van der Waals surface area (Å²) in [4.78, 5) is 16.0. The molecule has 0 N–H and O–H groups in total. The van der Waals surface area contributed by atoms with Gasteiger partial charge in [0.2, 0.25) is 0 Å². The lowest BCUT2D eigenvalue weighted by atomic mass is 10.0. The average Bonchev–Trinajstić information content (AvgIpc) is 3.26. The molecule has 1 atom stereocenters. The van der Waals surface area contributed by atoms with Crippen LogP contribution in [0.3, 0.4) is 0 Å². The van der Waals surface area contributed by atoms with Crippen molar-refractivity contribution in [2.24, 2.45) is 0 Å². The topological polar surface area (TPSA) is 46.8 Å². The molecule has 0 amide bonds. The van der Waals surface area contributed by atoms with E-state index in [9.17, 15) is 0 Å². The number of aromatic nitrogens is 4. The van der Waals surface area contributed by atoms with Crippen LogP contribution in [0.4, 0.5) is 0 Å². The molecular formula is C25H25N5. The van der Waals surface area contributed by atoms with Crippen LogP contribution in [0.1, 0.15) is 24.4 Å². The van der Waals surface area contributed by atoms with Gasteiger partial charge in [0.05, 0.1) is 17.7 Å². The summed E-state index contributed by atoms with van der Waals surface area (Å²) < 4.78 is 2.37. The SMILES string of the molecule is c1ccc(-c2ncn(C3CCCN(Cc4cccnc4)C3)c2-c2cccnc2)cc1. The highest BCUT2D eigenvalue weighted by Gasteiger charge is 2.25.